The molecule has 13 aromatic rings. The minimum Gasteiger partial charge on any atom is -0.478 e. The van der Waals surface area contributed by atoms with Gasteiger partial charge in [-0.3, -0.25) is 28.8 Å². The van der Waals surface area contributed by atoms with Gasteiger partial charge < -0.3 is 51.7 Å². The zero-order chi connectivity index (χ0) is 109. The summed E-state index contributed by atoms with van der Waals surface area (Å²) in [7, 11) is -3.79. The summed E-state index contributed by atoms with van der Waals surface area (Å²) in [6.07, 6.45) is 11.9. The van der Waals surface area contributed by atoms with E-state index in [1.54, 1.807) is 185 Å². The molecule has 0 aliphatic rings. The molecular formula is C119H127N5O23S2. The van der Waals surface area contributed by atoms with E-state index >= 15 is 0 Å². The van der Waals surface area contributed by atoms with Crippen molar-refractivity contribution in [1.29, 1.82) is 0 Å². The van der Waals surface area contributed by atoms with Crippen molar-refractivity contribution in [3.63, 3.8) is 0 Å². The number of unbranched alkanes of at least 4 members (excludes halogenated alkanes) is 3. The van der Waals surface area contributed by atoms with E-state index in [0.717, 1.165) is 97.6 Å². The van der Waals surface area contributed by atoms with Gasteiger partial charge in [-0.1, -0.05) is 263 Å². The number of nitrogens with one attached hydrogen (secondary N) is 3. The van der Waals surface area contributed by atoms with E-state index in [1.807, 2.05) is 97.9 Å². The zero-order valence-corrected chi connectivity index (χ0v) is 86.7. The molecule has 0 saturated carbocycles. The monoisotopic (exact) mass is 2060 g/mol. The number of hydrogen-bond donors (Lipinski definition) is 10. The first kappa shape index (κ1) is 118. The van der Waals surface area contributed by atoms with Gasteiger partial charge in [-0.15, -0.1) is 0 Å². The van der Waals surface area contributed by atoms with Gasteiger partial charge in [-0.05, 0) is 238 Å². The lowest BCUT2D eigenvalue weighted by atomic mass is 9.95. The van der Waals surface area contributed by atoms with Crippen LogP contribution in [0.5, 0.6) is 0 Å². The molecule has 0 bridgehead atoms. The molecule has 0 atom stereocenters. The van der Waals surface area contributed by atoms with Crippen molar-refractivity contribution in [2.45, 2.75) is 164 Å². The third-order valence-electron chi connectivity index (χ3n) is 23.9. The number of benzene rings is 13. The fraction of sp³-hybridized carbons (Fsp3) is 0.244. The van der Waals surface area contributed by atoms with E-state index in [0.29, 0.717) is 51.3 Å². The fourth-order valence-corrected chi connectivity index (χ4v) is 17.6. The van der Waals surface area contributed by atoms with Crippen molar-refractivity contribution >= 4 is 108 Å². The van der Waals surface area contributed by atoms with Gasteiger partial charge >= 0.3 is 35.8 Å². The maximum Gasteiger partial charge on any atom is 0.336 e. The molecule has 149 heavy (non-hydrogen) atoms. The predicted molar refractivity (Wildman–Crippen MR) is 579 cm³/mol. The average molecular weight is 2060 g/mol. The normalized spacial score (nSPS) is 10.8. The van der Waals surface area contributed by atoms with Gasteiger partial charge in [0, 0.05) is 86.8 Å². The van der Waals surface area contributed by atoms with Crippen molar-refractivity contribution in [2.75, 3.05) is 42.4 Å². The molecule has 778 valence electrons. The Morgan fingerprint density at radius 3 is 1.07 bits per heavy atom. The molecular weight excluding hydrogens is 1930 g/mol. The highest BCUT2D eigenvalue weighted by Gasteiger charge is 2.27. The van der Waals surface area contributed by atoms with Gasteiger partial charge in [-0.2, -0.15) is 0 Å². The molecule has 13 rings (SSSR count). The number of amides is 3. The first-order chi connectivity index (χ1) is 71.1. The van der Waals surface area contributed by atoms with Crippen molar-refractivity contribution in [1.82, 2.24) is 8.61 Å². The number of aryl methyl sites for hydroxylation is 8. The molecule has 3 amide bonds. The first-order valence-corrected chi connectivity index (χ1v) is 51.8. The number of carboxylic acids is 6. The van der Waals surface area contributed by atoms with E-state index in [-0.39, 0.29) is 135 Å². The summed E-state index contributed by atoms with van der Waals surface area (Å²) in [4.78, 5) is 143. The number of carboxylic acid groups (broad SMARTS) is 6. The predicted octanol–water partition coefficient (Wildman–Crippen LogP) is 22.3. The zero-order valence-electron chi connectivity index (χ0n) is 85.1. The van der Waals surface area contributed by atoms with Crippen LogP contribution in [0.2, 0.25) is 0 Å². The number of hydrogen-bond acceptors (Lipinski definition) is 17. The van der Waals surface area contributed by atoms with Crippen LogP contribution in [-0.2, 0) is 83.8 Å². The Labute approximate surface area is 869 Å². The lowest BCUT2D eigenvalue weighted by Gasteiger charge is -2.18. The second kappa shape index (κ2) is 58.9. The van der Waals surface area contributed by atoms with E-state index in [2.05, 4.69) is 36.7 Å². The van der Waals surface area contributed by atoms with Crippen LogP contribution in [-0.4, -0.2) is 159 Å². The molecule has 0 aliphatic carbocycles. The van der Waals surface area contributed by atoms with Crippen molar-refractivity contribution in [2.24, 2.45) is 0 Å². The maximum atomic E-state index is 12.7. The molecule has 0 unspecified atom stereocenters. The Balaban J connectivity index is 0.000000219. The number of Topliss-reactive ketones (excluding diaryl/α,β-unsaturated/α-hetero) is 3. The minimum absolute atomic E-state index is 0.00585. The third kappa shape index (κ3) is 37.4. The topological polar surface area (TPSA) is 457 Å². The SMILES string of the molecule is CCCCc1ccc(CC(=O)c2cc(C)ccc2C(=O)O)cc1.CCCCc1ccc(CC(=O)c2cccc(C)c2C(=O)O)cc1.CCCCc1ccc(NC(=O)c2c(C)cccc2C(=O)O)cc1.CCS(=O)(=O)N(C)Cc1cccc(NC(=O)c2ccccc2C(=O)O)c1.CN(Cc1cccc(CC(=O)c2ccccc2C(=O)O)c1)S(=O)(=O)Cc1ccccc1.Cc1ccc(C(=O)Nc2ccc(CCCO)cc2)c(C(=O)O)c1. The van der Waals surface area contributed by atoms with Crippen LogP contribution in [0, 0.1) is 27.7 Å². The Bertz CT molecular complexity index is 7020. The van der Waals surface area contributed by atoms with Gasteiger partial charge in [0.2, 0.25) is 20.0 Å². The number of nitrogens with zero attached hydrogens (tertiary/aromatic N) is 2. The van der Waals surface area contributed by atoms with Crippen molar-refractivity contribution in [3.8, 4) is 0 Å². The second-order valence-corrected chi connectivity index (χ2v) is 40.0. The molecule has 13 aromatic carbocycles. The smallest absolute Gasteiger partial charge is 0.336 e. The van der Waals surface area contributed by atoms with Crippen LogP contribution in [0.15, 0.2) is 297 Å². The molecule has 28 nitrogen and oxygen atoms in total. The molecule has 0 heterocycles. The van der Waals surface area contributed by atoms with Crippen molar-refractivity contribution in [3.05, 3.63) is 442 Å². The standard InChI is InChI=1S/C24H23NO5S.2C20H22O3.C19H21NO3.C18H20N2O5S.C18H19NO4/c1-25(31(29,30)17-18-8-3-2-4-9-18)16-20-11-7-10-19(14-20)15-23(26)21-12-5-6-13-22(21)24(27)28;1-3-4-7-15-9-11-16(12-10-15)13-18(21)17-8-5-6-14(2)19(17)20(22)23;1-3-4-5-15-7-9-16(10-8-15)13-19(21)18-12-14(2)6-11-17(18)20(22)23;1-3-4-7-14-9-11-15(12-10-14)20-18(21)17-13(2)6-5-8-16(17)19(22)23;1-3-26(24,25)20(2)12-13-7-6-8-14(11-13)19-17(21)15-9-4-5-10-16(15)18(22)23;1-12-4-9-15(16(11-12)18(22)23)17(21)19-14-7-5-13(6-8-14)3-2-10-20/h2-14H,15-17H2,1H3,(H,27,28);5-6,8-12H,3-4,7,13H2,1-2H3,(H,22,23);6-12H,3-5,13H2,1-2H3,(H,22,23);5-6,8-12H,3-4,7H2,1-2H3,(H,20,21)(H,22,23);4-11H,3,12H2,1-2H3,(H,19,21)(H,22,23);4-9,11,20H,2-3,10H2,1H3,(H,19,21)(H,22,23). The summed E-state index contributed by atoms with van der Waals surface area (Å²) < 4.78 is 51.6. The number of aliphatic hydroxyl groups excluding tert-OH is 1. The van der Waals surface area contributed by atoms with Crippen LogP contribution in [0.1, 0.15) is 275 Å². The van der Waals surface area contributed by atoms with E-state index in [1.165, 1.54) is 87.9 Å². The Kier molecular flexibility index (Phi) is 46.7. The number of anilines is 3. The van der Waals surface area contributed by atoms with Crippen molar-refractivity contribution < 1.29 is 110 Å². The highest BCUT2D eigenvalue weighted by molar-refractivity contribution is 7.89. The highest BCUT2D eigenvalue weighted by Crippen LogP contribution is 2.27. The number of carbonyl (C=O) groups is 12. The van der Waals surface area contributed by atoms with Gasteiger partial charge in [0.05, 0.1) is 61.6 Å². The second-order valence-electron chi connectivity index (χ2n) is 35.5. The largest absolute Gasteiger partial charge is 0.478 e. The van der Waals surface area contributed by atoms with Gasteiger partial charge in [0.25, 0.3) is 17.7 Å². The van der Waals surface area contributed by atoms with Gasteiger partial charge in [0.1, 0.15) is 0 Å². The van der Waals surface area contributed by atoms with Crippen LogP contribution in [0.3, 0.4) is 0 Å². The summed E-state index contributed by atoms with van der Waals surface area (Å²) >= 11 is 0. The average Bonchev–Trinajstić information content (AvgIpc) is 0.814. The van der Waals surface area contributed by atoms with Gasteiger partial charge in [-0.25, -0.2) is 54.2 Å². The summed E-state index contributed by atoms with van der Waals surface area (Å²) in [5.74, 6) is -8.79. The Morgan fingerprint density at radius 2 is 0.604 bits per heavy atom. The third-order valence-corrected chi connectivity index (χ3v) is 27.5. The van der Waals surface area contributed by atoms with Gasteiger partial charge in [0.15, 0.2) is 17.3 Å². The number of carbonyl (C=O) groups excluding carboxylic acids is 6. The molecule has 0 radical (unpaired) electrons. The molecule has 30 heteroatoms. The number of aromatic carboxylic acids is 6. The molecule has 0 saturated heterocycles. The number of sulfonamides is 2. The summed E-state index contributed by atoms with van der Waals surface area (Å²) in [5.41, 5.74) is 15.3. The Morgan fingerprint density at radius 1 is 0.268 bits per heavy atom. The maximum absolute atomic E-state index is 12.7. The summed E-state index contributed by atoms with van der Waals surface area (Å²) in [6.45, 7) is 15.6. The quantitative estimate of drug-likeness (QED) is 0.0159. The molecule has 0 fully saturated rings. The Hall–Kier alpha value is -16.1. The molecule has 10 N–H and O–H groups in total. The summed E-state index contributed by atoms with van der Waals surface area (Å²) in [6, 6.07) is 85.2. The van der Waals surface area contributed by atoms with E-state index in [9.17, 15) is 105 Å². The van der Waals surface area contributed by atoms with E-state index in [4.69, 9.17) is 5.11 Å². The van der Waals surface area contributed by atoms with Crippen LogP contribution < -0.4 is 16.0 Å². The number of ketones is 3. The van der Waals surface area contributed by atoms with Crippen LogP contribution >= 0.6 is 0 Å². The fourth-order valence-electron chi connectivity index (χ4n) is 15.6. The highest BCUT2D eigenvalue weighted by atomic mass is 32.2. The summed E-state index contributed by atoms with van der Waals surface area (Å²) in [5, 5.41) is 72.4. The van der Waals surface area contributed by atoms with E-state index < -0.39 is 73.6 Å². The lowest BCUT2D eigenvalue weighted by Crippen LogP contribution is -2.27. The lowest BCUT2D eigenvalue weighted by molar-refractivity contribution is 0.0682. The van der Waals surface area contributed by atoms with Crippen LogP contribution in [0.25, 0.3) is 0 Å². The van der Waals surface area contributed by atoms with Crippen LogP contribution in [0.4, 0.5) is 17.1 Å². The number of aliphatic hydroxyl groups is 1. The molecule has 0 aliphatic heterocycles. The molecule has 0 spiro atoms. The minimum atomic E-state index is -3.50. The molecule has 0 aromatic heterocycles. The number of rotatable bonds is 42. The first-order valence-electron chi connectivity index (χ1n) is 48.6.